The maximum absolute atomic E-state index is 4.03. The molecule has 0 saturated carbocycles. The molecule has 0 aromatic carbocycles. The van der Waals surface area contributed by atoms with Crippen LogP contribution < -0.4 is 0 Å². The number of hydrogen-bond acceptors (Lipinski definition) is 1. The minimum atomic E-state index is 1.04. The van der Waals surface area contributed by atoms with E-state index in [1.807, 2.05) is 0 Å². The van der Waals surface area contributed by atoms with Crippen LogP contribution in [0.3, 0.4) is 0 Å². The maximum atomic E-state index is 4.03. The van der Waals surface area contributed by atoms with Crippen molar-refractivity contribution in [2.45, 2.75) is 34.1 Å². The SMILES string of the molecule is C=C(/C=C(/C)CC)N(CC)CC. The van der Waals surface area contributed by atoms with Gasteiger partial charge in [-0.05, 0) is 33.3 Å². The molecule has 0 saturated heterocycles. The maximum Gasteiger partial charge on any atom is 0.0292 e. The molecule has 0 amide bonds. The third kappa shape index (κ3) is 3.61. The van der Waals surface area contributed by atoms with Crippen LogP contribution in [-0.2, 0) is 0 Å². The quantitative estimate of drug-likeness (QED) is 0.568. The Morgan fingerprint density at radius 3 is 2.08 bits per heavy atom. The fraction of sp³-hybridized carbons (Fsp3) is 0.636. The zero-order valence-corrected chi connectivity index (χ0v) is 8.85. The second-order valence-electron chi connectivity index (χ2n) is 3.01. The molecule has 1 heteroatoms. The fourth-order valence-corrected chi connectivity index (χ4v) is 1.11. The Morgan fingerprint density at radius 2 is 1.75 bits per heavy atom. The minimum Gasteiger partial charge on any atom is -0.373 e. The lowest BCUT2D eigenvalue weighted by Crippen LogP contribution is -2.20. The summed E-state index contributed by atoms with van der Waals surface area (Å²) in [7, 11) is 0. The topological polar surface area (TPSA) is 3.24 Å². The lowest BCUT2D eigenvalue weighted by atomic mass is 10.2. The summed E-state index contributed by atoms with van der Waals surface area (Å²) in [6.07, 6.45) is 3.29. The van der Waals surface area contributed by atoms with Crippen LogP contribution in [0, 0.1) is 0 Å². The van der Waals surface area contributed by atoms with Gasteiger partial charge in [-0.25, -0.2) is 0 Å². The largest absolute Gasteiger partial charge is 0.373 e. The molecular weight excluding hydrogens is 146 g/mol. The van der Waals surface area contributed by atoms with Crippen molar-refractivity contribution in [1.82, 2.24) is 4.90 Å². The van der Waals surface area contributed by atoms with E-state index in [1.54, 1.807) is 0 Å². The molecule has 0 spiro atoms. The van der Waals surface area contributed by atoms with Gasteiger partial charge in [0.1, 0.15) is 0 Å². The summed E-state index contributed by atoms with van der Waals surface area (Å²) in [5.74, 6) is 0. The average molecular weight is 167 g/mol. The van der Waals surface area contributed by atoms with Gasteiger partial charge in [0.05, 0.1) is 0 Å². The van der Waals surface area contributed by atoms with Crippen LogP contribution in [0.4, 0.5) is 0 Å². The molecule has 12 heavy (non-hydrogen) atoms. The highest BCUT2D eigenvalue weighted by Gasteiger charge is 1.98. The molecule has 1 nitrogen and oxygen atoms in total. The summed E-state index contributed by atoms with van der Waals surface area (Å²) in [4.78, 5) is 2.26. The van der Waals surface area contributed by atoms with E-state index in [2.05, 4.69) is 45.2 Å². The molecule has 0 bridgehead atoms. The highest BCUT2D eigenvalue weighted by Crippen LogP contribution is 2.07. The summed E-state index contributed by atoms with van der Waals surface area (Å²) in [6.45, 7) is 14.8. The van der Waals surface area contributed by atoms with Crippen molar-refractivity contribution in [3.63, 3.8) is 0 Å². The van der Waals surface area contributed by atoms with Gasteiger partial charge in [0, 0.05) is 18.8 Å². The molecule has 0 aliphatic carbocycles. The highest BCUT2D eigenvalue weighted by atomic mass is 15.1. The van der Waals surface area contributed by atoms with Gasteiger partial charge in [0.2, 0.25) is 0 Å². The van der Waals surface area contributed by atoms with Crippen molar-refractivity contribution in [2.75, 3.05) is 13.1 Å². The number of hydrogen-bond donors (Lipinski definition) is 0. The second-order valence-corrected chi connectivity index (χ2v) is 3.01. The molecule has 0 radical (unpaired) electrons. The third-order valence-corrected chi connectivity index (χ3v) is 2.14. The number of allylic oxidation sites excluding steroid dienone is 2. The lowest BCUT2D eigenvalue weighted by molar-refractivity contribution is 0.395. The normalized spacial score (nSPS) is 11.5. The van der Waals surface area contributed by atoms with Crippen LogP contribution >= 0.6 is 0 Å². The predicted molar refractivity (Wildman–Crippen MR) is 56.1 cm³/mol. The first-order valence-corrected chi connectivity index (χ1v) is 4.76. The van der Waals surface area contributed by atoms with Crippen molar-refractivity contribution in [3.8, 4) is 0 Å². The van der Waals surface area contributed by atoms with Gasteiger partial charge >= 0.3 is 0 Å². The molecule has 0 rings (SSSR count). The zero-order valence-electron chi connectivity index (χ0n) is 8.85. The van der Waals surface area contributed by atoms with Crippen LogP contribution in [0.2, 0.25) is 0 Å². The van der Waals surface area contributed by atoms with E-state index >= 15 is 0 Å². The van der Waals surface area contributed by atoms with Crippen molar-refractivity contribution in [3.05, 3.63) is 23.9 Å². The molecule has 0 N–H and O–H groups in total. The van der Waals surface area contributed by atoms with Crippen molar-refractivity contribution < 1.29 is 0 Å². The van der Waals surface area contributed by atoms with E-state index in [1.165, 1.54) is 5.57 Å². The molecule has 0 heterocycles. The van der Waals surface area contributed by atoms with Gasteiger partial charge in [-0.3, -0.25) is 0 Å². The first-order chi connectivity index (χ1) is 5.65. The van der Waals surface area contributed by atoms with Crippen molar-refractivity contribution in [1.29, 1.82) is 0 Å². The molecule has 70 valence electrons. The van der Waals surface area contributed by atoms with E-state index in [0.29, 0.717) is 0 Å². The number of rotatable bonds is 5. The highest BCUT2D eigenvalue weighted by molar-refractivity contribution is 5.18. The Balaban J connectivity index is 4.18. The van der Waals surface area contributed by atoms with Gasteiger partial charge in [-0.2, -0.15) is 0 Å². The lowest BCUT2D eigenvalue weighted by Gasteiger charge is -2.21. The Morgan fingerprint density at radius 1 is 1.25 bits per heavy atom. The first-order valence-electron chi connectivity index (χ1n) is 4.76. The van der Waals surface area contributed by atoms with Gasteiger partial charge in [0.15, 0.2) is 0 Å². The fourth-order valence-electron chi connectivity index (χ4n) is 1.11. The standard InChI is InChI=1S/C11H21N/c1-6-10(4)9-11(5)12(7-2)8-3/h9H,5-8H2,1-4H3/b10-9-. The van der Waals surface area contributed by atoms with Crippen LogP contribution in [-0.4, -0.2) is 18.0 Å². The first kappa shape index (κ1) is 11.3. The molecule has 0 aliphatic heterocycles. The Labute approximate surface area is 76.8 Å². The Hall–Kier alpha value is -0.720. The predicted octanol–water partition coefficient (Wildman–Crippen LogP) is 3.20. The van der Waals surface area contributed by atoms with Gasteiger partial charge in [0.25, 0.3) is 0 Å². The summed E-state index contributed by atoms with van der Waals surface area (Å²) < 4.78 is 0. The van der Waals surface area contributed by atoms with Crippen molar-refractivity contribution >= 4 is 0 Å². The van der Waals surface area contributed by atoms with Crippen LogP contribution in [0.5, 0.6) is 0 Å². The Kier molecular flexibility index (Phi) is 5.52. The molecule has 0 aromatic heterocycles. The van der Waals surface area contributed by atoms with Crippen LogP contribution in [0.25, 0.3) is 0 Å². The molecule has 0 unspecified atom stereocenters. The summed E-state index contributed by atoms with van der Waals surface area (Å²) in [6, 6.07) is 0. The van der Waals surface area contributed by atoms with E-state index in [4.69, 9.17) is 0 Å². The van der Waals surface area contributed by atoms with E-state index in [9.17, 15) is 0 Å². The van der Waals surface area contributed by atoms with Gasteiger partial charge in [-0.15, -0.1) is 0 Å². The van der Waals surface area contributed by atoms with E-state index < -0.39 is 0 Å². The minimum absolute atomic E-state index is 1.04. The summed E-state index contributed by atoms with van der Waals surface area (Å²) in [5, 5.41) is 0. The monoisotopic (exact) mass is 167 g/mol. The Bertz CT molecular complexity index is 164. The van der Waals surface area contributed by atoms with Crippen LogP contribution in [0.15, 0.2) is 23.9 Å². The smallest absolute Gasteiger partial charge is 0.0292 e. The molecule has 0 atom stereocenters. The number of nitrogens with zero attached hydrogens (tertiary/aromatic N) is 1. The molecule has 0 fully saturated rings. The van der Waals surface area contributed by atoms with Gasteiger partial charge < -0.3 is 4.90 Å². The second kappa shape index (κ2) is 5.87. The van der Waals surface area contributed by atoms with E-state index in [-0.39, 0.29) is 0 Å². The van der Waals surface area contributed by atoms with Crippen LogP contribution in [0.1, 0.15) is 34.1 Å². The summed E-state index contributed by atoms with van der Waals surface area (Å²) in [5.41, 5.74) is 2.53. The average Bonchev–Trinajstić information content (AvgIpc) is 2.06. The molecule has 0 aliphatic rings. The number of likely N-dealkylation sites (N-methyl/N-ethyl adjacent to an activating group) is 1. The molecule has 0 aromatic rings. The third-order valence-electron chi connectivity index (χ3n) is 2.14. The van der Waals surface area contributed by atoms with Crippen molar-refractivity contribution in [2.24, 2.45) is 0 Å². The van der Waals surface area contributed by atoms with E-state index in [0.717, 1.165) is 25.2 Å². The molecular formula is C11H21N. The van der Waals surface area contributed by atoms with Gasteiger partial charge in [-0.1, -0.05) is 19.1 Å². The summed E-state index contributed by atoms with van der Waals surface area (Å²) >= 11 is 0. The zero-order chi connectivity index (χ0) is 9.56.